The first-order valence-corrected chi connectivity index (χ1v) is 9.55. The zero-order valence-electron chi connectivity index (χ0n) is 17.1. The smallest absolute Gasteiger partial charge is 0.408 e. The van der Waals surface area contributed by atoms with Crippen molar-refractivity contribution >= 4 is 36.0 Å². The van der Waals surface area contributed by atoms with E-state index in [1.807, 2.05) is 34.6 Å². The predicted octanol–water partition coefficient (Wildman–Crippen LogP) is 3.51. The molecule has 0 heterocycles. The van der Waals surface area contributed by atoms with Gasteiger partial charge < -0.3 is 20.7 Å². The molecule has 6 nitrogen and oxygen atoms in total. The van der Waals surface area contributed by atoms with Crippen LogP contribution < -0.4 is 16.0 Å². The summed E-state index contributed by atoms with van der Waals surface area (Å²) in [5.41, 5.74) is -0.932. The number of carbonyl (C=O) groups excluding carboxylic acids is 1. The lowest BCUT2D eigenvalue weighted by atomic mass is 9.98. The van der Waals surface area contributed by atoms with Crippen molar-refractivity contribution in [3.05, 3.63) is 0 Å². The number of nitrogens with zero attached hydrogens (tertiary/aromatic N) is 1. The van der Waals surface area contributed by atoms with Crippen LogP contribution in [0.2, 0.25) is 0 Å². The van der Waals surface area contributed by atoms with Crippen LogP contribution in [0.5, 0.6) is 0 Å². The SMILES string of the molecule is CN=C(NCC(C1CC1)C1CC1)NCC(C)(C)NC(=O)OC(C)(C)C.I. The van der Waals surface area contributed by atoms with Crippen LogP contribution in [0, 0.1) is 17.8 Å². The van der Waals surface area contributed by atoms with Crippen LogP contribution in [-0.2, 0) is 4.74 Å². The normalized spacial score (nSPS) is 18.2. The van der Waals surface area contributed by atoms with Crippen LogP contribution >= 0.6 is 24.0 Å². The number of guanidine groups is 1. The van der Waals surface area contributed by atoms with Crippen molar-refractivity contribution in [3.63, 3.8) is 0 Å². The minimum Gasteiger partial charge on any atom is -0.444 e. The minimum absolute atomic E-state index is 0. The molecule has 0 atom stereocenters. The van der Waals surface area contributed by atoms with Crippen molar-refractivity contribution in [1.82, 2.24) is 16.0 Å². The molecule has 152 valence electrons. The molecule has 1 amide bonds. The van der Waals surface area contributed by atoms with Crippen LogP contribution in [0.3, 0.4) is 0 Å². The monoisotopic (exact) mass is 480 g/mol. The Morgan fingerprint density at radius 3 is 2.04 bits per heavy atom. The average Bonchev–Trinajstić information content (AvgIpc) is 3.33. The Balaban J connectivity index is 0.00000338. The van der Waals surface area contributed by atoms with Gasteiger partial charge in [0.15, 0.2) is 5.96 Å². The number of nitrogens with one attached hydrogen (secondary N) is 3. The fraction of sp³-hybridized carbons (Fsp3) is 0.895. The third-order valence-corrected chi connectivity index (χ3v) is 4.72. The van der Waals surface area contributed by atoms with E-state index in [1.54, 1.807) is 7.05 Å². The van der Waals surface area contributed by atoms with E-state index in [0.29, 0.717) is 6.54 Å². The van der Waals surface area contributed by atoms with Crippen LogP contribution in [0.25, 0.3) is 0 Å². The fourth-order valence-electron chi connectivity index (χ4n) is 3.13. The molecule has 0 aromatic rings. The molecule has 0 unspecified atom stereocenters. The van der Waals surface area contributed by atoms with E-state index in [-0.39, 0.29) is 24.0 Å². The molecule has 0 spiro atoms. The number of hydrogen-bond donors (Lipinski definition) is 3. The summed E-state index contributed by atoms with van der Waals surface area (Å²) in [5.74, 6) is 3.43. The van der Waals surface area contributed by atoms with E-state index < -0.39 is 17.2 Å². The summed E-state index contributed by atoms with van der Waals surface area (Å²) in [5, 5.41) is 9.70. The maximum absolute atomic E-state index is 12.0. The van der Waals surface area contributed by atoms with Crippen molar-refractivity contribution in [2.45, 2.75) is 71.4 Å². The molecule has 2 rings (SSSR count). The summed E-state index contributed by atoms with van der Waals surface area (Å²) >= 11 is 0. The lowest BCUT2D eigenvalue weighted by Gasteiger charge is -2.29. The molecule has 0 aliphatic heterocycles. The first-order chi connectivity index (χ1) is 11.6. The lowest BCUT2D eigenvalue weighted by Crippen LogP contribution is -2.54. The fourth-order valence-corrected chi connectivity index (χ4v) is 3.13. The van der Waals surface area contributed by atoms with Gasteiger partial charge in [-0.05, 0) is 78.1 Å². The Bertz CT molecular complexity index is 482. The Morgan fingerprint density at radius 1 is 1.08 bits per heavy atom. The average molecular weight is 480 g/mol. The third-order valence-electron chi connectivity index (χ3n) is 4.72. The van der Waals surface area contributed by atoms with E-state index in [0.717, 1.165) is 30.3 Å². The van der Waals surface area contributed by atoms with Gasteiger partial charge in [-0.3, -0.25) is 4.99 Å². The quantitative estimate of drug-likeness (QED) is 0.296. The highest BCUT2D eigenvalue weighted by molar-refractivity contribution is 14.0. The number of ether oxygens (including phenoxy) is 1. The van der Waals surface area contributed by atoms with Gasteiger partial charge in [-0.1, -0.05) is 0 Å². The Labute approximate surface area is 175 Å². The van der Waals surface area contributed by atoms with E-state index in [1.165, 1.54) is 25.7 Å². The van der Waals surface area contributed by atoms with Gasteiger partial charge in [0.2, 0.25) is 0 Å². The molecule has 2 aliphatic carbocycles. The number of alkyl carbamates (subject to hydrolysis) is 1. The summed E-state index contributed by atoms with van der Waals surface area (Å²) in [7, 11) is 1.78. The number of hydrogen-bond acceptors (Lipinski definition) is 3. The van der Waals surface area contributed by atoms with Crippen molar-refractivity contribution in [2.75, 3.05) is 20.1 Å². The first-order valence-electron chi connectivity index (χ1n) is 9.55. The molecular formula is C19H37IN4O2. The van der Waals surface area contributed by atoms with Crippen molar-refractivity contribution in [1.29, 1.82) is 0 Å². The second-order valence-corrected chi connectivity index (χ2v) is 9.16. The third kappa shape index (κ3) is 8.77. The molecule has 2 fully saturated rings. The number of aliphatic imine (C=N–C) groups is 1. The second kappa shape index (κ2) is 9.46. The number of halogens is 1. The number of rotatable bonds is 7. The highest BCUT2D eigenvalue weighted by Crippen LogP contribution is 2.48. The van der Waals surface area contributed by atoms with Crippen molar-refractivity contribution < 1.29 is 9.53 Å². The molecule has 0 radical (unpaired) electrons. The van der Waals surface area contributed by atoms with Gasteiger partial charge in [-0.25, -0.2) is 4.79 Å². The van der Waals surface area contributed by atoms with Crippen LogP contribution in [-0.4, -0.2) is 43.3 Å². The standard InChI is InChI=1S/C19H36N4O2.HI/c1-18(2,3)25-17(24)23-19(4,5)12-22-16(20-6)21-11-15(13-7-8-13)14-9-10-14;/h13-15H,7-12H2,1-6H3,(H,23,24)(H2,20,21,22);1H. The first kappa shape index (κ1) is 23.3. The molecule has 2 saturated carbocycles. The molecule has 0 aromatic carbocycles. The van der Waals surface area contributed by atoms with Gasteiger partial charge in [0, 0.05) is 20.1 Å². The Kier molecular flexibility index (Phi) is 8.48. The largest absolute Gasteiger partial charge is 0.444 e. The zero-order valence-corrected chi connectivity index (χ0v) is 19.5. The maximum Gasteiger partial charge on any atom is 0.408 e. The Morgan fingerprint density at radius 2 is 1.62 bits per heavy atom. The second-order valence-electron chi connectivity index (χ2n) is 9.16. The van der Waals surface area contributed by atoms with Gasteiger partial charge in [-0.15, -0.1) is 24.0 Å². The summed E-state index contributed by atoms with van der Waals surface area (Å²) in [4.78, 5) is 16.3. The summed E-state index contributed by atoms with van der Waals surface area (Å²) < 4.78 is 5.33. The molecule has 3 N–H and O–H groups in total. The van der Waals surface area contributed by atoms with E-state index in [2.05, 4.69) is 20.9 Å². The lowest BCUT2D eigenvalue weighted by molar-refractivity contribution is 0.0474. The molecule has 0 aromatic heterocycles. The zero-order chi connectivity index (χ0) is 18.7. The minimum atomic E-state index is -0.494. The highest BCUT2D eigenvalue weighted by atomic mass is 127. The predicted molar refractivity (Wildman–Crippen MR) is 117 cm³/mol. The van der Waals surface area contributed by atoms with Crippen LogP contribution in [0.4, 0.5) is 4.79 Å². The van der Waals surface area contributed by atoms with Crippen LogP contribution in [0.1, 0.15) is 60.3 Å². The van der Waals surface area contributed by atoms with E-state index in [4.69, 9.17) is 4.74 Å². The maximum atomic E-state index is 12.0. The van der Waals surface area contributed by atoms with Gasteiger partial charge in [0.05, 0.1) is 5.54 Å². The summed E-state index contributed by atoms with van der Waals surface area (Å²) in [6.07, 6.45) is 5.16. The van der Waals surface area contributed by atoms with Gasteiger partial charge in [0.1, 0.15) is 5.60 Å². The molecule has 2 aliphatic rings. The Hall–Kier alpha value is -0.730. The van der Waals surface area contributed by atoms with Gasteiger partial charge in [0.25, 0.3) is 0 Å². The molecular weight excluding hydrogens is 443 g/mol. The van der Waals surface area contributed by atoms with E-state index >= 15 is 0 Å². The number of carbonyl (C=O) groups is 1. The molecule has 7 heteroatoms. The molecule has 26 heavy (non-hydrogen) atoms. The summed E-state index contributed by atoms with van der Waals surface area (Å²) in [6.45, 7) is 11.1. The van der Waals surface area contributed by atoms with Crippen molar-refractivity contribution in [3.8, 4) is 0 Å². The van der Waals surface area contributed by atoms with Gasteiger partial charge in [-0.2, -0.15) is 0 Å². The molecule has 0 saturated heterocycles. The highest BCUT2D eigenvalue weighted by Gasteiger charge is 2.41. The van der Waals surface area contributed by atoms with Gasteiger partial charge >= 0.3 is 6.09 Å². The number of amides is 1. The topological polar surface area (TPSA) is 74.8 Å². The van der Waals surface area contributed by atoms with E-state index in [9.17, 15) is 4.79 Å². The van der Waals surface area contributed by atoms with Crippen molar-refractivity contribution in [2.24, 2.45) is 22.7 Å². The summed E-state index contributed by atoms with van der Waals surface area (Å²) in [6, 6.07) is 0. The molecule has 0 bridgehead atoms. The van der Waals surface area contributed by atoms with Crippen LogP contribution in [0.15, 0.2) is 4.99 Å².